The highest BCUT2D eigenvalue weighted by Crippen LogP contribution is 2.36. The van der Waals surface area contributed by atoms with Gasteiger partial charge in [0, 0.05) is 37.6 Å². The molecule has 1 aliphatic heterocycles. The summed E-state index contributed by atoms with van der Waals surface area (Å²) in [5.41, 5.74) is 2.51. The minimum atomic E-state index is -0.283. The maximum Gasteiger partial charge on any atom is 0.262 e. The van der Waals surface area contributed by atoms with Gasteiger partial charge in [0.2, 0.25) is 5.91 Å². The first-order chi connectivity index (χ1) is 16.4. The van der Waals surface area contributed by atoms with Crippen LogP contribution in [0, 0.1) is 5.92 Å². The lowest BCUT2D eigenvalue weighted by Crippen LogP contribution is -2.44. The van der Waals surface area contributed by atoms with Gasteiger partial charge in [0.25, 0.3) is 5.91 Å². The van der Waals surface area contributed by atoms with E-state index in [0.29, 0.717) is 31.1 Å². The second kappa shape index (κ2) is 11.7. The summed E-state index contributed by atoms with van der Waals surface area (Å²) in [6.45, 7) is 4.26. The number of carbonyl (C=O) groups is 2. The van der Waals surface area contributed by atoms with Crippen molar-refractivity contribution in [3.63, 3.8) is 0 Å². The van der Waals surface area contributed by atoms with Gasteiger partial charge in [0.1, 0.15) is 18.0 Å². The van der Waals surface area contributed by atoms with Gasteiger partial charge >= 0.3 is 0 Å². The second-order valence-corrected chi connectivity index (χ2v) is 8.39. The second-order valence-electron chi connectivity index (χ2n) is 8.39. The number of carbonyl (C=O) groups excluding carboxylic acids is 2. The lowest BCUT2D eigenvalue weighted by molar-refractivity contribution is -0.143. The summed E-state index contributed by atoms with van der Waals surface area (Å²) in [5.74, 6) is 0.725. The fraction of sp³-hybridized carbons (Fsp3) is 0.423. The number of ether oxygens (including phenoxy) is 3. The third-order valence-electron chi connectivity index (χ3n) is 5.77. The Morgan fingerprint density at radius 3 is 2.44 bits per heavy atom. The van der Waals surface area contributed by atoms with E-state index in [1.54, 1.807) is 32.3 Å². The number of benzene rings is 2. The van der Waals surface area contributed by atoms with Crippen LogP contribution in [0.3, 0.4) is 0 Å². The van der Waals surface area contributed by atoms with E-state index < -0.39 is 0 Å². The van der Waals surface area contributed by atoms with Crippen LogP contribution >= 0.6 is 0 Å². The lowest BCUT2D eigenvalue weighted by Gasteiger charge is -2.28. The molecule has 0 aromatic heterocycles. The van der Waals surface area contributed by atoms with Crippen molar-refractivity contribution in [2.75, 3.05) is 41.0 Å². The van der Waals surface area contributed by atoms with Crippen LogP contribution in [0.2, 0.25) is 0 Å². The molecule has 2 aromatic carbocycles. The van der Waals surface area contributed by atoms with E-state index >= 15 is 0 Å². The number of nitrogens with zero attached hydrogens (tertiary/aromatic N) is 3. The number of methoxy groups -OCH3 is 3. The van der Waals surface area contributed by atoms with Gasteiger partial charge in [-0.25, -0.2) is 5.01 Å². The molecular weight excluding hydrogens is 434 g/mol. The first kappa shape index (κ1) is 25.2. The molecule has 0 bridgehead atoms. The van der Waals surface area contributed by atoms with Gasteiger partial charge in [-0.05, 0) is 17.7 Å². The summed E-state index contributed by atoms with van der Waals surface area (Å²) in [4.78, 5) is 27.8. The molecule has 0 spiro atoms. The van der Waals surface area contributed by atoms with E-state index in [1.165, 1.54) is 5.01 Å². The van der Waals surface area contributed by atoms with Crippen LogP contribution in [0.15, 0.2) is 53.6 Å². The maximum absolute atomic E-state index is 13.5. The monoisotopic (exact) mass is 467 g/mol. The van der Waals surface area contributed by atoms with Crippen LogP contribution in [0.1, 0.15) is 37.4 Å². The Morgan fingerprint density at radius 1 is 1.09 bits per heavy atom. The van der Waals surface area contributed by atoms with Crippen molar-refractivity contribution in [3.05, 3.63) is 59.7 Å². The summed E-state index contributed by atoms with van der Waals surface area (Å²) in [6, 6.07) is 15.0. The summed E-state index contributed by atoms with van der Waals surface area (Å²) >= 11 is 0. The molecule has 0 radical (unpaired) electrons. The Kier molecular flexibility index (Phi) is 8.65. The Morgan fingerprint density at radius 2 is 1.82 bits per heavy atom. The van der Waals surface area contributed by atoms with Gasteiger partial charge in [0.15, 0.2) is 0 Å². The summed E-state index contributed by atoms with van der Waals surface area (Å²) in [5, 5.41) is 6.23. The molecule has 3 rings (SSSR count). The molecule has 1 atom stereocenters. The van der Waals surface area contributed by atoms with Gasteiger partial charge in [-0.15, -0.1) is 0 Å². The average molecular weight is 468 g/mol. The molecule has 2 amide bonds. The fourth-order valence-corrected chi connectivity index (χ4v) is 3.94. The zero-order valence-electron chi connectivity index (χ0n) is 20.5. The van der Waals surface area contributed by atoms with E-state index in [2.05, 4.69) is 0 Å². The number of hydrogen-bond acceptors (Lipinski definition) is 6. The molecule has 2 aromatic rings. The highest BCUT2D eigenvalue weighted by Gasteiger charge is 2.35. The van der Waals surface area contributed by atoms with Crippen LogP contribution in [0.4, 0.5) is 0 Å². The fourth-order valence-electron chi connectivity index (χ4n) is 3.94. The van der Waals surface area contributed by atoms with Crippen molar-refractivity contribution in [2.24, 2.45) is 11.0 Å². The van der Waals surface area contributed by atoms with E-state index in [4.69, 9.17) is 19.3 Å². The molecule has 8 nitrogen and oxygen atoms in total. The first-order valence-electron chi connectivity index (χ1n) is 11.3. The van der Waals surface area contributed by atoms with Gasteiger partial charge in [-0.3, -0.25) is 9.59 Å². The number of rotatable bonds is 10. The highest BCUT2D eigenvalue weighted by molar-refractivity contribution is 6.05. The molecule has 1 unspecified atom stereocenters. The maximum atomic E-state index is 13.5. The van der Waals surface area contributed by atoms with Crippen LogP contribution in [-0.4, -0.2) is 68.5 Å². The summed E-state index contributed by atoms with van der Waals surface area (Å²) in [6.07, 6.45) is 0.522. The Bertz CT molecular complexity index is 1020. The van der Waals surface area contributed by atoms with Crippen molar-refractivity contribution in [1.82, 2.24) is 9.91 Å². The summed E-state index contributed by atoms with van der Waals surface area (Å²) in [7, 11) is 4.77. The molecule has 8 heteroatoms. The largest absolute Gasteiger partial charge is 0.497 e. The van der Waals surface area contributed by atoms with Crippen LogP contribution in [-0.2, 0) is 14.3 Å². The van der Waals surface area contributed by atoms with E-state index in [9.17, 15) is 9.59 Å². The highest BCUT2D eigenvalue weighted by atomic mass is 16.5. The molecule has 1 aliphatic rings. The van der Waals surface area contributed by atoms with Gasteiger partial charge in [-0.2, -0.15) is 5.10 Å². The standard InChI is InChI=1S/C26H33N3O5/c1-18(2)26(31)28(13-14-32-3)17-25(30)29-23(19-9-7-6-8-10-19)16-22(27-29)21-12-11-20(33-4)15-24(21)34-5/h6-12,15,18,23H,13-14,16-17H2,1-5H3. The molecule has 0 N–H and O–H groups in total. The molecule has 0 saturated carbocycles. The third-order valence-corrected chi connectivity index (χ3v) is 5.77. The predicted octanol–water partition coefficient (Wildman–Crippen LogP) is 3.51. The minimum Gasteiger partial charge on any atom is -0.497 e. The topological polar surface area (TPSA) is 80.7 Å². The van der Waals surface area contributed by atoms with Crippen molar-refractivity contribution in [1.29, 1.82) is 0 Å². The molecule has 1 heterocycles. The third kappa shape index (κ3) is 5.75. The van der Waals surface area contributed by atoms with Crippen LogP contribution in [0.25, 0.3) is 0 Å². The molecule has 182 valence electrons. The van der Waals surface area contributed by atoms with Crippen molar-refractivity contribution < 1.29 is 23.8 Å². The van der Waals surface area contributed by atoms with E-state index in [-0.39, 0.29) is 30.3 Å². The minimum absolute atomic E-state index is 0.0692. The first-order valence-corrected chi connectivity index (χ1v) is 11.3. The van der Waals surface area contributed by atoms with Gasteiger partial charge in [-0.1, -0.05) is 44.2 Å². The quantitative estimate of drug-likeness (QED) is 0.534. The van der Waals surface area contributed by atoms with Crippen LogP contribution < -0.4 is 9.47 Å². The Balaban J connectivity index is 1.94. The number of hydrazone groups is 1. The van der Waals surface area contributed by atoms with E-state index in [1.807, 2.05) is 56.3 Å². The number of hydrogen-bond donors (Lipinski definition) is 0. The summed E-state index contributed by atoms with van der Waals surface area (Å²) < 4.78 is 16.0. The SMILES string of the molecule is COCCN(CC(=O)N1N=C(c2ccc(OC)cc2OC)CC1c1ccccc1)C(=O)C(C)C. The zero-order valence-corrected chi connectivity index (χ0v) is 20.5. The average Bonchev–Trinajstić information content (AvgIpc) is 3.31. The molecular formula is C26H33N3O5. The molecule has 0 aliphatic carbocycles. The molecule has 0 fully saturated rings. The molecule has 0 saturated heterocycles. The van der Waals surface area contributed by atoms with Crippen molar-refractivity contribution >= 4 is 17.5 Å². The van der Waals surface area contributed by atoms with Crippen molar-refractivity contribution in [3.8, 4) is 11.5 Å². The lowest BCUT2D eigenvalue weighted by atomic mass is 9.98. The Hall–Kier alpha value is -3.39. The van der Waals surface area contributed by atoms with E-state index in [0.717, 1.165) is 16.8 Å². The predicted molar refractivity (Wildman–Crippen MR) is 130 cm³/mol. The normalized spacial score (nSPS) is 15.3. The van der Waals surface area contributed by atoms with Crippen molar-refractivity contribution in [2.45, 2.75) is 26.3 Å². The number of amides is 2. The molecule has 34 heavy (non-hydrogen) atoms. The van der Waals surface area contributed by atoms with Gasteiger partial charge in [0.05, 0.1) is 32.6 Å². The van der Waals surface area contributed by atoms with Gasteiger partial charge < -0.3 is 19.1 Å². The Labute approximate surface area is 201 Å². The zero-order chi connectivity index (χ0) is 24.7. The smallest absolute Gasteiger partial charge is 0.262 e. The van der Waals surface area contributed by atoms with Crippen LogP contribution in [0.5, 0.6) is 11.5 Å².